The van der Waals surface area contributed by atoms with Gasteiger partial charge < -0.3 is 5.11 Å². The van der Waals surface area contributed by atoms with Crippen LogP contribution < -0.4 is 0 Å². The van der Waals surface area contributed by atoms with Crippen LogP contribution in [-0.2, 0) is 0 Å². The van der Waals surface area contributed by atoms with Gasteiger partial charge in [0.1, 0.15) is 0 Å². The zero-order valence-electron chi connectivity index (χ0n) is 8.46. The van der Waals surface area contributed by atoms with Gasteiger partial charge in [0.05, 0.1) is 6.61 Å². The summed E-state index contributed by atoms with van der Waals surface area (Å²) in [5.41, 5.74) is 0.916. The molecule has 0 aromatic rings. The van der Waals surface area contributed by atoms with Gasteiger partial charge in [-0.2, -0.15) is 0 Å². The molecule has 0 amide bonds. The van der Waals surface area contributed by atoms with Crippen molar-refractivity contribution in [2.24, 2.45) is 10.4 Å². The fraction of sp³-hybridized carbons (Fsp3) is 0.700. The minimum atomic E-state index is -0.173. The van der Waals surface area contributed by atoms with Gasteiger partial charge >= 0.3 is 0 Å². The lowest BCUT2D eigenvalue weighted by Crippen LogP contribution is -2.20. The van der Waals surface area contributed by atoms with Gasteiger partial charge in [0.25, 0.3) is 0 Å². The van der Waals surface area contributed by atoms with Crippen molar-refractivity contribution in [1.29, 1.82) is 0 Å². The van der Waals surface area contributed by atoms with Gasteiger partial charge in [-0.1, -0.05) is 19.9 Å². The first kappa shape index (κ1) is 11.4. The van der Waals surface area contributed by atoms with Crippen molar-refractivity contribution in [1.82, 2.24) is 0 Å². The van der Waals surface area contributed by atoms with E-state index in [4.69, 9.17) is 5.11 Å². The molecule has 0 unspecified atom stereocenters. The first-order chi connectivity index (χ1) is 5.58. The first-order valence-electron chi connectivity index (χ1n) is 4.36. The van der Waals surface area contributed by atoms with Crippen molar-refractivity contribution >= 4 is 6.21 Å². The Morgan fingerprint density at radius 2 is 2.08 bits per heavy atom. The number of aliphatic hydroxyl groups excluding tert-OH is 1. The molecule has 0 radical (unpaired) electrons. The summed E-state index contributed by atoms with van der Waals surface area (Å²) in [6, 6.07) is 0. The summed E-state index contributed by atoms with van der Waals surface area (Å²) in [6.07, 6.45) is 3.84. The summed E-state index contributed by atoms with van der Waals surface area (Å²) in [7, 11) is 0. The summed E-state index contributed by atoms with van der Waals surface area (Å²) in [5.74, 6) is 0. The van der Waals surface area contributed by atoms with E-state index in [0.717, 1.165) is 12.1 Å². The average Bonchev–Trinajstić information content (AvgIpc) is 2.05. The predicted molar refractivity (Wildman–Crippen MR) is 53.7 cm³/mol. The van der Waals surface area contributed by atoms with Crippen LogP contribution >= 0.6 is 0 Å². The van der Waals surface area contributed by atoms with Gasteiger partial charge in [-0.05, 0) is 19.4 Å². The highest BCUT2D eigenvalue weighted by atomic mass is 16.3. The van der Waals surface area contributed by atoms with Crippen molar-refractivity contribution in [2.75, 3.05) is 13.2 Å². The fourth-order valence-electron chi connectivity index (χ4n) is 0.921. The van der Waals surface area contributed by atoms with Crippen LogP contribution in [0.15, 0.2) is 16.6 Å². The minimum absolute atomic E-state index is 0.155. The van der Waals surface area contributed by atoms with Crippen molar-refractivity contribution in [3.63, 3.8) is 0 Å². The Balaban J connectivity index is 4.47. The number of hydrogen-bond donors (Lipinski definition) is 1. The van der Waals surface area contributed by atoms with E-state index in [2.05, 4.69) is 4.99 Å². The molecule has 0 aromatic carbocycles. The first-order valence-corrected chi connectivity index (χ1v) is 4.36. The molecule has 0 bridgehead atoms. The van der Waals surface area contributed by atoms with E-state index in [1.54, 1.807) is 0 Å². The van der Waals surface area contributed by atoms with Crippen molar-refractivity contribution < 1.29 is 5.11 Å². The maximum atomic E-state index is 9.09. The van der Waals surface area contributed by atoms with Crippen LogP contribution in [-0.4, -0.2) is 24.5 Å². The normalized spacial score (nSPS) is 14.2. The quantitative estimate of drug-likeness (QED) is 0.642. The standard InChI is InChI=1S/C10H19NO/c1-5-9(7-11-6-2)10(3,4)8-12/h5,7,12H,6,8H2,1-4H3. The van der Waals surface area contributed by atoms with E-state index >= 15 is 0 Å². The van der Waals surface area contributed by atoms with Gasteiger partial charge in [-0.15, -0.1) is 0 Å². The average molecular weight is 169 g/mol. The molecule has 0 saturated carbocycles. The van der Waals surface area contributed by atoms with Crippen LogP contribution in [0.5, 0.6) is 0 Å². The van der Waals surface area contributed by atoms with E-state index in [9.17, 15) is 0 Å². The highest BCUT2D eigenvalue weighted by Gasteiger charge is 2.19. The van der Waals surface area contributed by atoms with Crippen LogP contribution in [0.25, 0.3) is 0 Å². The lowest BCUT2D eigenvalue weighted by atomic mass is 9.85. The predicted octanol–water partition coefficient (Wildman–Crippen LogP) is 2.04. The summed E-state index contributed by atoms with van der Waals surface area (Å²) in [5, 5.41) is 9.09. The molecule has 0 aliphatic heterocycles. The van der Waals surface area contributed by atoms with E-state index in [1.165, 1.54) is 0 Å². The van der Waals surface area contributed by atoms with Crippen LogP contribution in [0.2, 0.25) is 0 Å². The Hall–Kier alpha value is -0.630. The highest BCUT2D eigenvalue weighted by Crippen LogP contribution is 2.23. The van der Waals surface area contributed by atoms with Crippen LogP contribution in [0, 0.1) is 5.41 Å². The number of nitrogens with zero attached hydrogens (tertiary/aromatic N) is 1. The minimum Gasteiger partial charge on any atom is -0.395 e. The van der Waals surface area contributed by atoms with Crippen molar-refractivity contribution in [3.05, 3.63) is 11.6 Å². The maximum Gasteiger partial charge on any atom is 0.0523 e. The number of hydrogen-bond acceptors (Lipinski definition) is 2. The largest absolute Gasteiger partial charge is 0.395 e. The number of aliphatic imine (C=N–C) groups is 1. The third kappa shape index (κ3) is 3.18. The molecule has 0 aromatic heterocycles. The summed E-state index contributed by atoms with van der Waals surface area (Å²) in [4.78, 5) is 4.15. The van der Waals surface area contributed by atoms with Crippen LogP contribution in [0.4, 0.5) is 0 Å². The van der Waals surface area contributed by atoms with E-state index in [0.29, 0.717) is 0 Å². The van der Waals surface area contributed by atoms with Crippen molar-refractivity contribution in [2.45, 2.75) is 27.7 Å². The summed E-state index contributed by atoms with van der Waals surface area (Å²) in [6.45, 7) is 8.92. The van der Waals surface area contributed by atoms with Gasteiger partial charge in [-0.3, -0.25) is 4.99 Å². The topological polar surface area (TPSA) is 32.6 Å². The van der Waals surface area contributed by atoms with Gasteiger partial charge in [0.15, 0.2) is 0 Å². The van der Waals surface area contributed by atoms with Crippen LogP contribution in [0.1, 0.15) is 27.7 Å². The molecular formula is C10H19NO. The Bertz CT molecular complexity index is 180. The molecule has 0 saturated heterocycles. The monoisotopic (exact) mass is 169 g/mol. The Labute approximate surface area is 75.0 Å². The van der Waals surface area contributed by atoms with Gasteiger partial charge in [0, 0.05) is 18.2 Å². The van der Waals surface area contributed by atoms with Crippen molar-refractivity contribution in [3.8, 4) is 0 Å². The van der Waals surface area contributed by atoms with Gasteiger partial charge in [-0.25, -0.2) is 0 Å². The zero-order chi connectivity index (χ0) is 9.61. The molecule has 0 fully saturated rings. The maximum absolute atomic E-state index is 9.09. The molecule has 70 valence electrons. The molecule has 12 heavy (non-hydrogen) atoms. The number of aliphatic hydroxyl groups is 1. The molecule has 0 rings (SSSR count). The molecule has 0 heterocycles. The number of rotatable bonds is 4. The fourth-order valence-corrected chi connectivity index (χ4v) is 0.921. The Morgan fingerprint density at radius 3 is 2.42 bits per heavy atom. The van der Waals surface area contributed by atoms with Gasteiger partial charge in [0.2, 0.25) is 0 Å². The van der Waals surface area contributed by atoms with E-state index < -0.39 is 0 Å². The third-order valence-electron chi connectivity index (χ3n) is 1.90. The Kier molecular flexibility index (Phi) is 4.83. The third-order valence-corrected chi connectivity index (χ3v) is 1.90. The number of allylic oxidation sites excluding steroid dienone is 1. The molecule has 2 nitrogen and oxygen atoms in total. The molecule has 0 aliphatic rings. The molecule has 0 aliphatic carbocycles. The second kappa shape index (κ2) is 5.09. The molecule has 1 N–H and O–H groups in total. The second-order valence-electron chi connectivity index (χ2n) is 3.41. The summed E-state index contributed by atoms with van der Waals surface area (Å²) >= 11 is 0. The SMILES string of the molecule is CC=C(C=NCC)C(C)(C)CO. The molecule has 0 atom stereocenters. The van der Waals surface area contributed by atoms with E-state index in [1.807, 2.05) is 40.0 Å². The smallest absolute Gasteiger partial charge is 0.0523 e. The molecular weight excluding hydrogens is 150 g/mol. The summed E-state index contributed by atoms with van der Waals surface area (Å²) < 4.78 is 0. The molecule has 2 heteroatoms. The second-order valence-corrected chi connectivity index (χ2v) is 3.41. The molecule has 0 spiro atoms. The zero-order valence-corrected chi connectivity index (χ0v) is 8.46. The van der Waals surface area contributed by atoms with Crippen LogP contribution in [0.3, 0.4) is 0 Å². The van der Waals surface area contributed by atoms with E-state index in [-0.39, 0.29) is 12.0 Å². The Morgan fingerprint density at radius 1 is 1.50 bits per heavy atom. The lowest BCUT2D eigenvalue weighted by Gasteiger charge is -2.22. The lowest BCUT2D eigenvalue weighted by molar-refractivity contribution is 0.195. The highest BCUT2D eigenvalue weighted by molar-refractivity contribution is 5.80.